The van der Waals surface area contributed by atoms with Crippen LogP contribution >= 0.6 is 0 Å². The Morgan fingerprint density at radius 1 is 0.429 bits per heavy atom. The molecule has 0 aliphatic heterocycles. The van der Waals surface area contributed by atoms with Crippen LogP contribution in [0.25, 0.3) is 55.0 Å². The Hall–Kier alpha value is -5.28. The predicted molar refractivity (Wildman–Crippen MR) is 199 cm³/mol. The molecule has 3 heteroatoms. The number of nitrogens with zero attached hydrogens (tertiary/aromatic N) is 1. The third-order valence-electron chi connectivity index (χ3n) is 13.0. The van der Waals surface area contributed by atoms with Gasteiger partial charge in [-0.05, 0) is 133 Å². The zero-order valence-electron chi connectivity index (χ0n) is 27.2. The number of para-hydroxylation sites is 2. The molecule has 0 unspecified atom stereocenters. The van der Waals surface area contributed by atoms with Gasteiger partial charge in [0.2, 0.25) is 0 Å². The molecule has 3 nitrogen and oxygen atoms in total. The van der Waals surface area contributed by atoms with Crippen LogP contribution in [0.4, 0.5) is 17.1 Å². The monoisotopic (exact) mass is 633 g/mol. The summed E-state index contributed by atoms with van der Waals surface area (Å²) in [6.45, 7) is 0. The van der Waals surface area contributed by atoms with Crippen molar-refractivity contribution in [1.82, 2.24) is 0 Å². The maximum absolute atomic E-state index is 6.44. The minimum atomic E-state index is 0.157. The summed E-state index contributed by atoms with van der Waals surface area (Å²) >= 11 is 0. The van der Waals surface area contributed by atoms with Gasteiger partial charge in [0.25, 0.3) is 0 Å². The zero-order valence-corrected chi connectivity index (χ0v) is 27.2. The average Bonchev–Trinajstić information content (AvgIpc) is 3.78. The summed E-state index contributed by atoms with van der Waals surface area (Å²) < 4.78 is 12.7. The molecule has 2 heterocycles. The Morgan fingerprint density at radius 3 is 1.78 bits per heavy atom. The number of anilines is 3. The van der Waals surface area contributed by atoms with Gasteiger partial charge < -0.3 is 13.7 Å². The highest BCUT2D eigenvalue weighted by Gasteiger charge is 2.61. The van der Waals surface area contributed by atoms with Crippen molar-refractivity contribution in [2.75, 3.05) is 4.90 Å². The normalized spacial score (nSPS) is 24.8. The molecule has 0 radical (unpaired) electrons. The van der Waals surface area contributed by atoms with E-state index in [4.69, 9.17) is 8.83 Å². The van der Waals surface area contributed by atoms with Crippen LogP contribution < -0.4 is 4.90 Å². The SMILES string of the molecule is c1ccc2c(c1)-c1cc(N(c3ccc4c(c3)oc3ccccc34)c3ccc4oc5ccccc5c4c3)ccc1C21C2CC3CC(C2)CC1C3. The van der Waals surface area contributed by atoms with Gasteiger partial charge in [-0.1, -0.05) is 66.7 Å². The number of rotatable bonds is 3. The third kappa shape index (κ3) is 3.48. The van der Waals surface area contributed by atoms with E-state index in [1.165, 1.54) is 43.2 Å². The van der Waals surface area contributed by atoms with Gasteiger partial charge in [-0.2, -0.15) is 0 Å². The summed E-state index contributed by atoms with van der Waals surface area (Å²) in [5, 5.41) is 4.56. The summed E-state index contributed by atoms with van der Waals surface area (Å²) in [6, 6.07) is 46.8. The Balaban J connectivity index is 1.09. The molecule has 2 aromatic heterocycles. The molecule has 0 atom stereocenters. The summed E-state index contributed by atoms with van der Waals surface area (Å²) in [4.78, 5) is 2.42. The van der Waals surface area contributed by atoms with E-state index in [1.54, 1.807) is 11.1 Å². The summed E-state index contributed by atoms with van der Waals surface area (Å²) in [5.74, 6) is 3.36. The van der Waals surface area contributed by atoms with E-state index in [9.17, 15) is 0 Å². The molecule has 8 aromatic rings. The molecule has 49 heavy (non-hydrogen) atoms. The van der Waals surface area contributed by atoms with E-state index in [0.717, 1.165) is 84.6 Å². The van der Waals surface area contributed by atoms with Crippen molar-refractivity contribution in [2.24, 2.45) is 23.7 Å². The number of hydrogen-bond donors (Lipinski definition) is 0. The predicted octanol–water partition coefficient (Wildman–Crippen LogP) is 12.7. The van der Waals surface area contributed by atoms with Crippen LogP contribution in [-0.2, 0) is 5.41 Å². The molecule has 4 bridgehead atoms. The molecule has 0 N–H and O–H groups in total. The molecule has 4 fully saturated rings. The molecular formula is C46H35NO2. The quantitative estimate of drug-likeness (QED) is 0.194. The van der Waals surface area contributed by atoms with Gasteiger partial charge in [0, 0.05) is 50.1 Å². The molecule has 5 aliphatic rings. The second-order valence-corrected chi connectivity index (χ2v) is 15.3. The van der Waals surface area contributed by atoms with Crippen LogP contribution in [0, 0.1) is 23.7 Å². The number of fused-ring (bicyclic) bond motifs is 9. The molecular weight excluding hydrogens is 599 g/mol. The van der Waals surface area contributed by atoms with Crippen molar-refractivity contribution in [3.05, 3.63) is 139 Å². The minimum Gasteiger partial charge on any atom is -0.456 e. The Bertz CT molecular complexity index is 2630. The number of benzene rings is 6. The lowest BCUT2D eigenvalue weighted by molar-refractivity contribution is -0.0399. The topological polar surface area (TPSA) is 29.5 Å². The fraction of sp³-hybridized carbons (Fsp3) is 0.217. The first kappa shape index (κ1) is 26.6. The Labute approximate surface area is 284 Å². The van der Waals surface area contributed by atoms with Crippen molar-refractivity contribution in [3.8, 4) is 11.1 Å². The smallest absolute Gasteiger partial charge is 0.137 e. The van der Waals surface area contributed by atoms with Gasteiger partial charge in [0.05, 0.1) is 0 Å². The maximum Gasteiger partial charge on any atom is 0.137 e. The van der Waals surface area contributed by atoms with Gasteiger partial charge in [-0.25, -0.2) is 0 Å². The summed E-state index contributed by atoms with van der Waals surface area (Å²) in [6.07, 6.45) is 7.04. The lowest BCUT2D eigenvalue weighted by atomic mass is 9.43. The number of furan rings is 2. The van der Waals surface area contributed by atoms with Crippen LogP contribution in [0.2, 0.25) is 0 Å². The Kier molecular flexibility index (Phi) is 5.14. The van der Waals surface area contributed by atoms with E-state index in [2.05, 4.69) is 120 Å². The minimum absolute atomic E-state index is 0.157. The van der Waals surface area contributed by atoms with Crippen LogP contribution in [0.5, 0.6) is 0 Å². The van der Waals surface area contributed by atoms with Crippen LogP contribution in [-0.4, -0.2) is 0 Å². The fourth-order valence-electron chi connectivity index (χ4n) is 11.4. The largest absolute Gasteiger partial charge is 0.456 e. The first-order valence-corrected chi connectivity index (χ1v) is 18.1. The van der Waals surface area contributed by atoms with Crippen LogP contribution in [0.15, 0.2) is 136 Å². The molecule has 0 amide bonds. The number of hydrogen-bond acceptors (Lipinski definition) is 3. The van der Waals surface area contributed by atoms with Crippen molar-refractivity contribution >= 4 is 60.9 Å². The van der Waals surface area contributed by atoms with Crippen molar-refractivity contribution in [1.29, 1.82) is 0 Å². The summed E-state index contributed by atoms with van der Waals surface area (Å²) in [7, 11) is 0. The highest BCUT2D eigenvalue weighted by molar-refractivity contribution is 6.08. The van der Waals surface area contributed by atoms with Gasteiger partial charge in [-0.15, -0.1) is 0 Å². The van der Waals surface area contributed by atoms with Gasteiger partial charge in [0.15, 0.2) is 0 Å². The average molecular weight is 634 g/mol. The van der Waals surface area contributed by atoms with Gasteiger partial charge in [-0.3, -0.25) is 0 Å². The van der Waals surface area contributed by atoms with Crippen LogP contribution in [0.1, 0.15) is 43.2 Å². The molecule has 4 saturated carbocycles. The van der Waals surface area contributed by atoms with Crippen molar-refractivity contribution < 1.29 is 8.83 Å². The highest BCUT2D eigenvalue weighted by Crippen LogP contribution is 2.69. The first-order valence-electron chi connectivity index (χ1n) is 18.1. The van der Waals surface area contributed by atoms with E-state index in [0.29, 0.717) is 0 Å². The molecule has 5 aliphatic carbocycles. The van der Waals surface area contributed by atoms with E-state index in [1.807, 2.05) is 12.1 Å². The van der Waals surface area contributed by atoms with Crippen molar-refractivity contribution in [2.45, 2.75) is 37.5 Å². The van der Waals surface area contributed by atoms with E-state index >= 15 is 0 Å². The van der Waals surface area contributed by atoms with Gasteiger partial charge in [0.1, 0.15) is 22.3 Å². The second-order valence-electron chi connectivity index (χ2n) is 15.3. The lowest BCUT2D eigenvalue weighted by Crippen LogP contribution is -2.55. The molecule has 6 aromatic carbocycles. The molecule has 0 saturated heterocycles. The third-order valence-corrected chi connectivity index (χ3v) is 13.0. The first-order chi connectivity index (χ1) is 24.2. The van der Waals surface area contributed by atoms with Crippen molar-refractivity contribution in [3.63, 3.8) is 0 Å². The lowest BCUT2D eigenvalue weighted by Gasteiger charge is -2.61. The standard InChI is InChI=1S/C46H35NO2/c1-4-10-40-34(7-1)38-24-31(14-17-41(38)46(40)29-20-27-19-28(22-29)23-30(46)21-27)47(32-15-18-44-39(25-32)36-9-3-6-12-43(36)48-44)33-13-16-37-35-8-2-5-11-42(35)49-45(37)26-33/h1-18,24-30H,19-23H2. The van der Waals surface area contributed by atoms with E-state index in [-0.39, 0.29) is 5.41 Å². The zero-order chi connectivity index (χ0) is 31.8. The summed E-state index contributed by atoms with van der Waals surface area (Å²) in [5.41, 5.74) is 13.2. The molecule has 1 spiro atoms. The Morgan fingerprint density at radius 2 is 0.980 bits per heavy atom. The highest BCUT2D eigenvalue weighted by atomic mass is 16.3. The van der Waals surface area contributed by atoms with Crippen LogP contribution in [0.3, 0.4) is 0 Å². The van der Waals surface area contributed by atoms with E-state index < -0.39 is 0 Å². The van der Waals surface area contributed by atoms with Gasteiger partial charge >= 0.3 is 0 Å². The maximum atomic E-state index is 6.44. The fourth-order valence-corrected chi connectivity index (χ4v) is 11.4. The second kappa shape index (κ2) is 9.45. The molecule has 236 valence electrons. The molecule has 13 rings (SSSR count).